The van der Waals surface area contributed by atoms with Gasteiger partial charge in [0.1, 0.15) is 11.6 Å². The molecule has 1 heterocycles. The molecule has 134 valence electrons. The monoisotopic (exact) mass is 338 g/mol. The van der Waals surface area contributed by atoms with Crippen molar-refractivity contribution in [2.45, 2.75) is 45.2 Å². The Balaban J connectivity index is 1.75. The summed E-state index contributed by atoms with van der Waals surface area (Å²) in [6, 6.07) is 4.62. The molecule has 0 bridgehead atoms. The third-order valence-electron chi connectivity index (χ3n) is 4.45. The molecule has 0 saturated carbocycles. The maximum atomic E-state index is 13.2. The molecule has 0 radical (unpaired) electrons. The van der Waals surface area contributed by atoms with E-state index in [2.05, 4.69) is 34.4 Å². The molecule has 0 aromatic heterocycles. The van der Waals surface area contributed by atoms with E-state index in [1.54, 1.807) is 7.05 Å². The first kappa shape index (κ1) is 18.6. The lowest BCUT2D eigenvalue weighted by atomic mass is 10.0. The zero-order valence-corrected chi connectivity index (χ0v) is 14.8. The number of nitrogens with one attached hydrogen (secondary N) is 2. The predicted octanol–water partition coefficient (Wildman–Crippen LogP) is 2.55. The Morgan fingerprint density at radius 2 is 1.83 bits per heavy atom. The minimum Gasteiger partial charge on any atom is -0.356 e. The number of likely N-dealkylation sites (tertiary alicyclic amines) is 1. The Bertz CT molecular complexity index is 532. The molecule has 1 saturated heterocycles. The number of aliphatic imine (C=N–C) groups is 1. The van der Waals surface area contributed by atoms with Gasteiger partial charge in [0, 0.05) is 44.8 Å². The highest BCUT2D eigenvalue weighted by Gasteiger charge is 2.21. The lowest BCUT2D eigenvalue weighted by molar-refractivity contribution is 0.167. The third kappa shape index (κ3) is 5.74. The van der Waals surface area contributed by atoms with Gasteiger partial charge >= 0.3 is 0 Å². The van der Waals surface area contributed by atoms with E-state index in [0.29, 0.717) is 30.6 Å². The van der Waals surface area contributed by atoms with E-state index >= 15 is 0 Å². The van der Waals surface area contributed by atoms with Gasteiger partial charge in [-0.2, -0.15) is 0 Å². The van der Waals surface area contributed by atoms with Crippen LogP contribution in [0, 0.1) is 11.6 Å². The van der Waals surface area contributed by atoms with Crippen molar-refractivity contribution in [3.8, 4) is 0 Å². The summed E-state index contributed by atoms with van der Waals surface area (Å²) in [6.07, 6.45) is 2.73. The van der Waals surface area contributed by atoms with Crippen LogP contribution in [0.25, 0.3) is 0 Å². The highest BCUT2D eigenvalue weighted by molar-refractivity contribution is 5.79. The van der Waals surface area contributed by atoms with Crippen LogP contribution in [0.3, 0.4) is 0 Å². The number of hydrogen-bond donors (Lipinski definition) is 2. The van der Waals surface area contributed by atoms with Crippen molar-refractivity contribution in [3.05, 3.63) is 35.4 Å². The van der Waals surface area contributed by atoms with Gasteiger partial charge in [0.15, 0.2) is 5.96 Å². The van der Waals surface area contributed by atoms with Gasteiger partial charge in [-0.1, -0.05) is 0 Å². The summed E-state index contributed by atoms with van der Waals surface area (Å²) < 4.78 is 26.4. The van der Waals surface area contributed by atoms with Gasteiger partial charge in [-0.15, -0.1) is 0 Å². The van der Waals surface area contributed by atoms with Gasteiger partial charge in [0.25, 0.3) is 0 Å². The number of halogens is 2. The first-order chi connectivity index (χ1) is 11.5. The number of piperidine rings is 1. The van der Waals surface area contributed by atoms with Gasteiger partial charge in [-0.3, -0.25) is 4.99 Å². The third-order valence-corrected chi connectivity index (χ3v) is 4.45. The van der Waals surface area contributed by atoms with E-state index in [0.717, 1.165) is 38.0 Å². The molecule has 24 heavy (non-hydrogen) atoms. The number of guanidine groups is 1. The van der Waals surface area contributed by atoms with Crippen LogP contribution in [0.1, 0.15) is 32.3 Å². The second-order valence-electron chi connectivity index (χ2n) is 6.58. The summed E-state index contributed by atoms with van der Waals surface area (Å²) in [4.78, 5) is 6.71. The van der Waals surface area contributed by atoms with Crippen LogP contribution in [-0.4, -0.2) is 49.6 Å². The van der Waals surface area contributed by atoms with Crippen LogP contribution >= 0.6 is 0 Å². The van der Waals surface area contributed by atoms with Crippen LogP contribution in [0.5, 0.6) is 0 Å². The largest absolute Gasteiger partial charge is 0.356 e. The summed E-state index contributed by atoms with van der Waals surface area (Å²) in [6.45, 7) is 7.21. The summed E-state index contributed by atoms with van der Waals surface area (Å²) >= 11 is 0. The molecule has 0 aliphatic carbocycles. The molecule has 2 rings (SSSR count). The van der Waals surface area contributed by atoms with Crippen molar-refractivity contribution in [2.75, 3.05) is 26.7 Å². The van der Waals surface area contributed by atoms with Gasteiger partial charge in [0.2, 0.25) is 0 Å². The van der Waals surface area contributed by atoms with Crippen LogP contribution in [0.15, 0.2) is 23.2 Å². The smallest absolute Gasteiger partial charge is 0.191 e. The number of benzene rings is 1. The van der Waals surface area contributed by atoms with E-state index in [-0.39, 0.29) is 0 Å². The Hall–Kier alpha value is -1.69. The van der Waals surface area contributed by atoms with Crippen molar-refractivity contribution in [1.82, 2.24) is 15.5 Å². The predicted molar refractivity (Wildman–Crippen MR) is 94.3 cm³/mol. The normalized spacial score (nSPS) is 17.3. The second-order valence-corrected chi connectivity index (χ2v) is 6.58. The summed E-state index contributed by atoms with van der Waals surface area (Å²) in [5.41, 5.74) is 0.640. The molecular weight excluding hydrogens is 310 g/mol. The fraction of sp³-hybridized carbons (Fsp3) is 0.611. The highest BCUT2D eigenvalue weighted by atomic mass is 19.1. The average molecular weight is 338 g/mol. The fourth-order valence-corrected chi connectivity index (χ4v) is 3.03. The molecule has 1 aliphatic rings. The number of nitrogens with zero attached hydrogens (tertiary/aromatic N) is 2. The fourth-order valence-electron chi connectivity index (χ4n) is 3.03. The second kappa shape index (κ2) is 8.97. The van der Waals surface area contributed by atoms with Crippen LogP contribution < -0.4 is 10.6 Å². The van der Waals surface area contributed by atoms with Crippen molar-refractivity contribution in [3.63, 3.8) is 0 Å². The summed E-state index contributed by atoms with van der Waals surface area (Å²) in [7, 11) is 1.74. The molecule has 0 spiro atoms. The van der Waals surface area contributed by atoms with Crippen LogP contribution in [0.2, 0.25) is 0 Å². The van der Waals surface area contributed by atoms with Crippen molar-refractivity contribution < 1.29 is 8.78 Å². The quantitative estimate of drug-likeness (QED) is 0.640. The van der Waals surface area contributed by atoms with Crippen LogP contribution in [-0.2, 0) is 6.42 Å². The SMILES string of the molecule is CN=C(NCCc1cc(F)cc(F)c1)NC1CCN(C(C)C)CC1. The molecule has 1 aromatic rings. The molecule has 2 N–H and O–H groups in total. The van der Waals surface area contributed by atoms with E-state index < -0.39 is 11.6 Å². The van der Waals surface area contributed by atoms with E-state index in [9.17, 15) is 8.78 Å². The zero-order valence-electron chi connectivity index (χ0n) is 14.8. The Morgan fingerprint density at radius 1 is 1.21 bits per heavy atom. The lowest BCUT2D eigenvalue weighted by Gasteiger charge is -2.35. The number of rotatable bonds is 5. The Labute approximate surface area is 143 Å². The molecule has 1 aromatic carbocycles. The molecule has 6 heteroatoms. The van der Waals surface area contributed by atoms with Crippen molar-refractivity contribution in [1.29, 1.82) is 0 Å². The summed E-state index contributed by atoms with van der Waals surface area (Å²) in [5, 5.41) is 6.66. The first-order valence-corrected chi connectivity index (χ1v) is 8.64. The molecular formula is C18H28F2N4. The maximum absolute atomic E-state index is 13.2. The van der Waals surface area contributed by atoms with Gasteiger partial charge in [-0.25, -0.2) is 8.78 Å². The van der Waals surface area contributed by atoms with Crippen molar-refractivity contribution >= 4 is 5.96 Å². The standard InChI is InChI=1S/C18H28F2N4/c1-13(2)24-8-5-17(6-9-24)23-18(21-3)22-7-4-14-10-15(19)12-16(20)11-14/h10-13,17H,4-9H2,1-3H3,(H2,21,22,23). The van der Waals surface area contributed by atoms with Gasteiger partial charge in [0.05, 0.1) is 0 Å². The topological polar surface area (TPSA) is 39.7 Å². The Kier molecular flexibility index (Phi) is 6.97. The molecule has 0 atom stereocenters. The minimum absolute atomic E-state index is 0.415. The number of hydrogen-bond acceptors (Lipinski definition) is 2. The first-order valence-electron chi connectivity index (χ1n) is 8.64. The summed E-state index contributed by atoms with van der Waals surface area (Å²) in [5.74, 6) is -0.330. The Morgan fingerprint density at radius 3 is 2.38 bits per heavy atom. The molecule has 1 aliphatic heterocycles. The molecule has 4 nitrogen and oxygen atoms in total. The van der Waals surface area contributed by atoms with Crippen molar-refractivity contribution in [2.24, 2.45) is 4.99 Å². The average Bonchev–Trinajstić information content (AvgIpc) is 2.53. The van der Waals surface area contributed by atoms with Gasteiger partial charge in [-0.05, 0) is 50.8 Å². The zero-order chi connectivity index (χ0) is 17.5. The highest BCUT2D eigenvalue weighted by Crippen LogP contribution is 2.13. The molecule has 1 fully saturated rings. The minimum atomic E-state index is -0.538. The maximum Gasteiger partial charge on any atom is 0.191 e. The van der Waals surface area contributed by atoms with E-state index in [1.165, 1.54) is 12.1 Å². The molecule has 0 amide bonds. The van der Waals surface area contributed by atoms with E-state index in [4.69, 9.17) is 0 Å². The lowest BCUT2D eigenvalue weighted by Crippen LogP contribution is -2.50. The van der Waals surface area contributed by atoms with Gasteiger partial charge < -0.3 is 15.5 Å². The van der Waals surface area contributed by atoms with Crippen LogP contribution in [0.4, 0.5) is 8.78 Å². The van der Waals surface area contributed by atoms with E-state index in [1.807, 2.05) is 0 Å². The molecule has 0 unspecified atom stereocenters.